The Morgan fingerprint density at radius 3 is 2.51 bits per heavy atom. The van der Waals surface area contributed by atoms with Crippen molar-refractivity contribution in [2.24, 2.45) is 0 Å². The van der Waals surface area contributed by atoms with Gasteiger partial charge in [0.1, 0.15) is 11.4 Å². The number of thiophene rings is 1. The standard InChI is InChI=1S/C28H29N3O3S/c1-18-12-13-21(16-19(18)2)29-24(32)17-31-27-25(22-10-6-7-11-23(22)35-27)26(33)30(28(31)34)15-14-20-8-4-3-5-9-20/h3-5,8-9,12-13,16H,6-7,10-11,14-15,17H2,1-2H3,(H,29,32). The van der Waals surface area contributed by atoms with E-state index in [2.05, 4.69) is 5.32 Å². The third kappa shape index (κ3) is 4.60. The molecule has 1 amide bonds. The van der Waals surface area contributed by atoms with E-state index in [1.165, 1.54) is 25.3 Å². The number of nitrogens with zero attached hydrogens (tertiary/aromatic N) is 2. The number of nitrogens with one attached hydrogen (secondary N) is 1. The van der Waals surface area contributed by atoms with E-state index < -0.39 is 5.69 Å². The number of aromatic nitrogens is 2. The molecule has 0 aliphatic heterocycles. The normalized spacial score (nSPS) is 13.1. The number of carbonyl (C=O) groups excluding carboxylic acids is 1. The Balaban J connectivity index is 1.55. The average Bonchev–Trinajstić information content (AvgIpc) is 3.24. The molecule has 6 nitrogen and oxygen atoms in total. The van der Waals surface area contributed by atoms with Crippen LogP contribution in [0.4, 0.5) is 5.69 Å². The van der Waals surface area contributed by atoms with Crippen molar-refractivity contribution in [3.63, 3.8) is 0 Å². The van der Waals surface area contributed by atoms with E-state index in [1.54, 1.807) is 0 Å². The summed E-state index contributed by atoms with van der Waals surface area (Å²) in [7, 11) is 0. The summed E-state index contributed by atoms with van der Waals surface area (Å²) in [4.78, 5) is 42.0. The number of amides is 1. The quantitative estimate of drug-likeness (QED) is 0.432. The van der Waals surface area contributed by atoms with Crippen molar-refractivity contribution in [1.29, 1.82) is 0 Å². The maximum atomic E-state index is 13.6. The molecular formula is C28H29N3O3S. The first kappa shape index (κ1) is 23.3. The molecule has 0 saturated heterocycles. The number of rotatable bonds is 6. The van der Waals surface area contributed by atoms with Gasteiger partial charge in [-0.15, -0.1) is 11.3 Å². The number of fused-ring (bicyclic) bond motifs is 3. The van der Waals surface area contributed by atoms with E-state index in [9.17, 15) is 14.4 Å². The molecule has 2 heterocycles. The van der Waals surface area contributed by atoms with Crippen LogP contribution in [0.3, 0.4) is 0 Å². The van der Waals surface area contributed by atoms with E-state index in [-0.39, 0.29) is 24.6 Å². The van der Waals surface area contributed by atoms with Gasteiger partial charge in [-0.05, 0) is 80.3 Å². The van der Waals surface area contributed by atoms with Crippen molar-refractivity contribution < 1.29 is 4.79 Å². The summed E-state index contributed by atoms with van der Waals surface area (Å²) < 4.78 is 2.82. The first-order valence-corrected chi connectivity index (χ1v) is 12.9. The smallest absolute Gasteiger partial charge is 0.325 e. The predicted octanol–water partition coefficient (Wildman–Crippen LogP) is 4.60. The van der Waals surface area contributed by atoms with Crippen LogP contribution in [0, 0.1) is 13.8 Å². The third-order valence-electron chi connectivity index (χ3n) is 6.88. The fourth-order valence-corrected chi connectivity index (χ4v) is 6.17. The summed E-state index contributed by atoms with van der Waals surface area (Å²) in [6.07, 6.45) is 4.45. The molecule has 7 heteroatoms. The van der Waals surface area contributed by atoms with Crippen molar-refractivity contribution in [3.05, 3.63) is 96.5 Å². The second-order valence-corrected chi connectivity index (χ2v) is 10.4. The number of aryl methyl sites for hydroxylation is 5. The molecular weight excluding hydrogens is 458 g/mol. The lowest BCUT2D eigenvalue weighted by Crippen LogP contribution is -2.42. The lowest BCUT2D eigenvalue weighted by molar-refractivity contribution is -0.116. The van der Waals surface area contributed by atoms with Gasteiger partial charge in [0.05, 0.1) is 5.39 Å². The Kier molecular flexibility index (Phi) is 6.43. The highest BCUT2D eigenvalue weighted by molar-refractivity contribution is 7.18. The molecule has 0 unspecified atom stereocenters. The molecule has 1 aliphatic rings. The van der Waals surface area contributed by atoms with Gasteiger partial charge in [0, 0.05) is 17.1 Å². The van der Waals surface area contributed by atoms with Crippen molar-refractivity contribution in [1.82, 2.24) is 9.13 Å². The number of benzene rings is 2. The fourth-order valence-electron chi connectivity index (χ4n) is 4.80. The summed E-state index contributed by atoms with van der Waals surface area (Å²) in [5.74, 6) is -0.281. The molecule has 35 heavy (non-hydrogen) atoms. The van der Waals surface area contributed by atoms with Crippen LogP contribution < -0.4 is 16.6 Å². The number of hydrogen-bond acceptors (Lipinski definition) is 4. The van der Waals surface area contributed by atoms with Crippen LogP contribution in [0.2, 0.25) is 0 Å². The van der Waals surface area contributed by atoms with Gasteiger partial charge >= 0.3 is 5.69 Å². The Labute approximate surface area is 207 Å². The second kappa shape index (κ2) is 9.66. The van der Waals surface area contributed by atoms with Gasteiger partial charge in [-0.25, -0.2) is 4.79 Å². The van der Waals surface area contributed by atoms with Gasteiger partial charge in [-0.1, -0.05) is 36.4 Å². The van der Waals surface area contributed by atoms with E-state index in [1.807, 2.05) is 62.4 Å². The minimum Gasteiger partial charge on any atom is -0.325 e. The Hall–Kier alpha value is -3.45. The second-order valence-electron chi connectivity index (χ2n) is 9.30. The minimum absolute atomic E-state index is 0.132. The van der Waals surface area contributed by atoms with E-state index in [0.717, 1.165) is 47.9 Å². The zero-order valence-electron chi connectivity index (χ0n) is 20.1. The first-order valence-electron chi connectivity index (χ1n) is 12.1. The fraction of sp³-hybridized carbons (Fsp3) is 0.321. The molecule has 5 rings (SSSR count). The zero-order chi connectivity index (χ0) is 24.5. The molecule has 4 aromatic rings. The van der Waals surface area contributed by atoms with Gasteiger partial charge in [-0.3, -0.25) is 18.7 Å². The Morgan fingerprint density at radius 2 is 1.74 bits per heavy atom. The molecule has 2 aromatic carbocycles. The lowest BCUT2D eigenvalue weighted by atomic mass is 9.97. The van der Waals surface area contributed by atoms with Gasteiger partial charge in [0.25, 0.3) is 5.56 Å². The Bertz CT molecular complexity index is 1530. The van der Waals surface area contributed by atoms with Crippen molar-refractivity contribution >= 4 is 33.1 Å². The Morgan fingerprint density at radius 1 is 0.971 bits per heavy atom. The summed E-state index contributed by atoms with van der Waals surface area (Å²) in [6, 6.07) is 15.6. The van der Waals surface area contributed by atoms with Crippen LogP contribution >= 0.6 is 11.3 Å². The van der Waals surface area contributed by atoms with Crippen molar-refractivity contribution in [3.8, 4) is 0 Å². The zero-order valence-corrected chi connectivity index (χ0v) is 20.9. The minimum atomic E-state index is -0.424. The van der Waals surface area contributed by atoms with Crippen molar-refractivity contribution in [2.75, 3.05) is 5.32 Å². The van der Waals surface area contributed by atoms with E-state index in [4.69, 9.17) is 0 Å². The molecule has 0 atom stereocenters. The molecule has 1 N–H and O–H groups in total. The van der Waals surface area contributed by atoms with E-state index in [0.29, 0.717) is 22.3 Å². The maximum absolute atomic E-state index is 13.6. The van der Waals surface area contributed by atoms with E-state index >= 15 is 0 Å². The van der Waals surface area contributed by atoms with Crippen LogP contribution in [-0.2, 0) is 37.1 Å². The van der Waals surface area contributed by atoms with Crippen LogP contribution in [-0.4, -0.2) is 15.0 Å². The lowest BCUT2D eigenvalue weighted by Gasteiger charge is -2.14. The molecule has 2 aromatic heterocycles. The largest absolute Gasteiger partial charge is 0.332 e. The predicted molar refractivity (Wildman–Crippen MR) is 142 cm³/mol. The van der Waals surface area contributed by atoms with Crippen LogP contribution in [0.5, 0.6) is 0 Å². The van der Waals surface area contributed by atoms with Gasteiger partial charge < -0.3 is 5.32 Å². The van der Waals surface area contributed by atoms with Gasteiger partial charge in [0.2, 0.25) is 5.91 Å². The van der Waals surface area contributed by atoms with Gasteiger partial charge in [-0.2, -0.15) is 0 Å². The topological polar surface area (TPSA) is 73.1 Å². The summed E-state index contributed by atoms with van der Waals surface area (Å²) >= 11 is 1.50. The number of carbonyl (C=O) groups is 1. The highest BCUT2D eigenvalue weighted by atomic mass is 32.1. The van der Waals surface area contributed by atoms with Gasteiger partial charge in [0.15, 0.2) is 0 Å². The summed E-state index contributed by atoms with van der Waals surface area (Å²) in [5, 5.41) is 3.54. The SMILES string of the molecule is Cc1ccc(NC(=O)Cn2c(=O)n(CCc3ccccc3)c(=O)c3c4c(sc32)CCCC4)cc1C. The van der Waals surface area contributed by atoms with Crippen LogP contribution in [0.15, 0.2) is 58.1 Å². The van der Waals surface area contributed by atoms with Crippen LogP contribution in [0.1, 0.15) is 40.0 Å². The average molecular weight is 488 g/mol. The molecule has 0 radical (unpaired) electrons. The number of hydrogen-bond donors (Lipinski definition) is 1. The molecule has 0 saturated carbocycles. The van der Waals surface area contributed by atoms with Crippen molar-refractivity contribution in [2.45, 2.75) is 59.0 Å². The molecule has 0 fully saturated rings. The summed E-state index contributed by atoms with van der Waals surface area (Å²) in [5.41, 5.74) is 4.41. The molecule has 0 bridgehead atoms. The van der Waals surface area contributed by atoms with Crippen LogP contribution in [0.25, 0.3) is 10.2 Å². The molecule has 180 valence electrons. The highest BCUT2D eigenvalue weighted by Crippen LogP contribution is 2.34. The number of anilines is 1. The maximum Gasteiger partial charge on any atom is 0.332 e. The third-order valence-corrected chi connectivity index (χ3v) is 8.19. The highest BCUT2D eigenvalue weighted by Gasteiger charge is 2.24. The monoisotopic (exact) mass is 487 g/mol. The first-order chi connectivity index (χ1) is 16.9. The molecule has 0 spiro atoms. The molecule has 1 aliphatic carbocycles. The summed E-state index contributed by atoms with van der Waals surface area (Å²) in [6.45, 7) is 4.17.